The Morgan fingerprint density at radius 1 is 1.33 bits per heavy atom. The molecule has 18 heavy (non-hydrogen) atoms. The molecule has 0 heterocycles. The Balaban J connectivity index is 3.03. The number of alkyl halides is 3. The van der Waals surface area contributed by atoms with Crippen molar-refractivity contribution >= 4 is 10.0 Å². The zero-order valence-electron chi connectivity index (χ0n) is 9.95. The maximum atomic E-state index is 12.3. The van der Waals surface area contributed by atoms with E-state index >= 15 is 0 Å². The molecule has 1 aliphatic rings. The van der Waals surface area contributed by atoms with Crippen LogP contribution in [0.5, 0.6) is 0 Å². The third-order valence-electron chi connectivity index (χ3n) is 2.39. The van der Waals surface area contributed by atoms with Crippen molar-refractivity contribution in [3.8, 4) is 0 Å². The van der Waals surface area contributed by atoms with E-state index in [2.05, 4.69) is 0 Å². The Morgan fingerprint density at radius 3 is 2.50 bits per heavy atom. The lowest BCUT2D eigenvalue weighted by Gasteiger charge is -2.25. The summed E-state index contributed by atoms with van der Waals surface area (Å²) in [5.74, 6) is 0. The molecular formula is C11H14F3NO2S. The molecular weight excluding hydrogens is 267 g/mol. The highest BCUT2D eigenvalue weighted by molar-refractivity contribution is 7.90. The predicted molar refractivity (Wildman–Crippen MR) is 63.2 cm³/mol. The van der Waals surface area contributed by atoms with Crippen molar-refractivity contribution in [2.24, 2.45) is 0 Å². The third kappa shape index (κ3) is 3.71. The van der Waals surface area contributed by atoms with Crippen LogP contribution in [0.4, 0.5) is 13.2 Å². The van der Waals surface area contributed by atoms with Gasteiger partial charge in [0.2, 0.25) is 0 Å². The second-order valence-corrected chi connectivity index (χ2v) is 5.99. The molecule has 1 unspecified atom stereocenters. The van der Waals surface area contributed by atoms with Crippen LogP contribution in [-0.4, -0.2) is 19.5 Å². The van der Waals surface area contributed by atoms with Gasteiger partial charge in [0.1, 0.15) is 0 Å². The van der Waals surface area contributed by atoms with E-state index in [0.29, 0.717) is 6.42 Å². The number of nitrogens with one attached hydrogen (secondary N) is 1. The van der Waals surface area contributed by atoms with Crippen LogP contribution in [0.1, 0.15) is 20.3 Å². The molecule has 0 spiro atoms. The maximum Gasteiger partial charge on any atom is 0.511 e. The van der Waals surface area contributed by atoms with Gasteiger partial charge in [0.15, 0.2) is 0 Å². The summed E-state index contributed by atoms with van der Waals surface area (Å²) >= 11 is 0. The fraction of sp³-hybridized carbons (Fsp3) is 0.455. The summed E-state index contributed by atoms with van der Waals surface area (Å²) < 4.78 is 60.7. The largest absolute Gasteiger partial charge is 0.511 e. The summed E-state index contributed by atoms with van der Waals surface area (Å²) in [5.41, 5.74) is -5.67. The first-order chi connectivity index (χ1) is 8.06. The minimum absolute atomic E-state index is 0.563. The highest BCUT2D eigenvalue weighted by atomic mass is 32.2. The zero-order valence-corrected chi connectivity index (χ0v) is 10.8. The Hall–Kier alpha value is -1.08. The van der Waals surface area contributed by atoms with Crippen LogP contribution in [0, 0.1) is 0 Å². The van der Waals surface area contributed by atoms with Gasteiger partial charge in [-0.1, -0.05) is 36.0 Å². The van der Waals surface area contributed by atoms with Crippen molar-refractivity contribution in [3.63, 3.8) is 0 Å². The van der Waals surface area contributed by atoms with Gasteiger partial charge in [-0.3, -0.25) is 0 Å². The lowest BCUT2D eigenvalue weighted by molar-refractivity contribution is -0.0451. The molecule has 0 amide bonds. The topological polar surface area (TPSA) is 46.2 Å². The van der Waals surface area contributed by atoms with E-state index in [1.54, 1.807) is 16.9 Å². The molecule has 0 fully saturated rings. The van der Waals surface area contributed by atoms with Gasteiger partial charge in [0.05, 0.1) is 5.54 Å². The summed E-state index contributed by atoms with van der Waals surface area (Å²) in [7, 11) is -5.37. The van der Waals surface area contributed by atoms with Gasteiger partial charge in [-0.2, -0.15) is 17.9 Å². The quantitative estimate of drug-likeness (QED) is 0.791. The van der Waals surface area contributed by atoms with Crippen LogP contribution >= 0.6 is 0 Å². The van der Waals surface area contributed by atoms with Crippen LogP contribution < -0.4 is 4.72 Å². The molecule has 0 saturated carbocycles. The molecule has 0 aromatic rings. The Bertz CT molecular complexity index is 503. The van der Waals surface area contributed by atoms with Crippen molar-refractivity contribution in [3.05, 3.63) is 36.0 Å². The standard InChI is InChI=1S/C11H14F3NO2S/c1-9-5-3-7-10(2,8-4-6-9)15-18(16,17)11(12,13)14/h3-5,7-8,15H,6H2,1-2H3. The van der Waals surface area contributed by atoms with Crippen LogP contribution in [0.25, 0.3) is 0 Å². The first kappa shape index (κ1) is 15.0. The molecule has 1 atom stereocenters. The SMILES string of the molecule is CC1=CC=CC(C)(NS(=O)(=O)C(F)(F)F)C=CC1. The molecule has 0 bridgehead atoms. The summed E-state index contributed by atoms with van der Waals surface area (Å²) in [6.45, 7) is 3.23. The van der Waals surface area contributed by atoms with E-state index in [-0.39, 0.29) is 0 Å². The molecule has 7 heteroatoms. The van der Waals surface area contributed by atoms with Crippen molar-refractivity contribution in [2.45, 2.75) is 31.3 Å². The summed E-state index contributed by atoms with van der Waals surface area (Å²) in [4.78, 5) is 0. The highest BCUT2D eigenvalue weighted by Gasteiger charge is 2.48. The molecule has 1 N–H and O–H groups in total. The first-order valence-corrected chi connectivity index (χ1v) is 6.67. The Morgan fingerprint density at radius 2 is 1.94 bits per heavy atom. The van der Waals surface area contributed by atoms with Crippen molar-refractivity contribution in [1.29, 1.82) is 0 Å². The monoisotopic (exact) mass is 281 g/mol. The molecule has 1 aliphatic carbocycles. The first-order valence-electron chi connectivity index (χ1n) is 5.19. The fourth-order valence-corrected chi connectivity index (χ4v) is 2.27. The van der Waals surface area contributed by atoms with Crippen LogP contribution in [0.2, 0.25) is 0 Å². The van der Waals surface area contributed by atoms with Gasteiger partial charge in [-0.25, -0.2) is 8.42 Å². The molecule has 0 aliphatic heterocycles. The van der Waals surface area contributed by atoms with Gasteiger partial charge in [0.25, 0.3) is 0 Å². The van der Waals surface area contributed by atoms with Gasteiger partial charge in [-0.05, 0) is 20.3 Å². The van der Waals surface area contributed by atoms with Crippen molar-refractivity contribution in [1.82, 2.24) is 4.72 Å². The van der Waals surface area contributed by atoms with Crippen LogP contribution in [-0.2, 0) is 10.0 Å². The number of halogens is 3. The predicted octanol–water partition coefficient (Wildman–Crippen LogP) is 2.65. The summed E-state index contributed by atoms with van der Waals surface area (Å²) in [6, 6.07) is 0. The molecule has 0 aromatic heterocycles. The van der Waals surface area contributed by atoms with Gasteiger partial charge < -0.3 is 0 Å². The van der Waals surface area contributed by atoms with E-state index in [1.807, 2.05) is 6.92 Å². The second kappa shape index (κ2) is 4.89. The number of hydrogen-bond acceptors (Lipinski definition) is 2. The van der Waals surface area contributed by atoms with Crippen molar-refractivity contribution < 1.29 is 21.6 Å². The molecule has 1 rings (SSSR count). The number of sulfonamides is 1. The summed E-state index contributed by atoms with van der Waals surface area (Å²) in [5, 5.41) is 0. The number of allylic oxidation sites excluding steroid dienone is 4. The normalized spacial score (nSPS) is 25.5. The average Bonchev–Trinajstić information content (AvgIpc) is 2.12. The highest BCUT2D eigenvalue weighted by Crippen LogP contribution is 2.25. The van der Waals surface area contributed by atoms with Gasteiger partial charge in [-0.15, -0.1) is 0 Å². The smallest absolute Gasteiger partial charge is 0.203 e. The lowest BCUT2D eigenvalue weighted by Crippen LogP contribution is -2.48. The van der Waals surface area contributed by atoms with E-state index in [1.165, 1.54) is 25.2 Å². The van der Waals surface area contributed by atoms with Gasteiger partial charge in [0, 0.05) is 0 Å². The fourth-order valence-electron chi connectivity index (χ4n) is 1.44. The maximum absolute atomic E-state index is 12.3. The van der Waals surface area contributed by atoms with Gasteiger partial charge >= 0.3 is 15.5 Å². The van der Waals surface area contributed by atoms with Crippen LogP contribution in [0.3, 0.4) is 0 Å². The summed E-state index contributed by atoms with van der Waals surface area (Å²) in [6.07, 6.45) is 8.24. The Labute approximate surface area is 104 Å². The zero-order chi connectivity index (χ0) is 14.0. The van der Waals surface area contributed by atoms with E-state index < -0.39 is 21.1 Å². The van der Waals surface area contributed by atoms with E-state index in [0.717, 1.165) is 5.57 Å². The van der Waals surface area contributed by atoms with E-state index in [4.69, 9.17) is 0 Å². The second-order valence-electron chi connectivity index (χ2n) is 4.31. The van der Waals surface area contributed by atoms with Crippen LogP contribution in [0.15, 0.2) is 36.0 Å². The molecule has 0 radical (unpaired) electrons. The number of rotatable bonds is 2. The van der Waals surface area contributed by atoms with Crippen molar-refractivity contribution in [2.75, 3.05) is 0 Å². The minimum atomic E-state index is -5.37. The lowest BCUT2D eigenvalue weighted by atomic mass is 9.99. The minimum Gasteiger partial charge on any atom is -0.203 e. The molecule has 3 nitrogen and oxygen atoms in total. The molecule has 0 aromatic carbocycles. The molecule has 0 saturated heterocycles. The van der Waals surface area contributed by atoms with E-state index in [9.17, 15) is 21.6 Å². The molecule has 102 valence electrons. The third-order valence-corrected chi connectivity index (χ3v) is 3.70. The Kier molecular flexibility index (Phi) is 4.07. The number of hydrogen-bond donors (Lipinski definition) is 1. The average molecular weight is 281 g/mol.